The molecule has 0 bridgehead atoms. The lowest BCUT2D eigenvalue weighted by Crippen LogP contribution is -2.16. The molecule has 2 aromatic heterocycles. The van der Waals surface area contributed by atoms with E-state index in [1.54, 1.807) is 40.3 Å². The summed E-state index contributed by atoms with van der Waals surface area (Å²) in [6, 6.07) is 11.1. The number of nitrogens with one attached hydrogen (secondary N) is 1. The number of aryl methyl sites for hydroxylation is 1. The van der Waals surface area contributed by atoms with Crippen LogP contribution >= 0.6 is 11.3 Å². The topological polar surface area (TPSA) is 65.4 Å². The van der Waals surface area contributed by atoms with Gasteiger partial charge in [-0.05, 0) is 29.6 Å². The van der Waals surface area contributed by atoms with Crippen LogP contribution in [0.25, 0.3) is 10.6 Å². The number of thiophene rings is 1. The van der Waals surface area contributed by atoms with Crippen LogP contribution in [-0.2, 0) is 7.05 Å². The first-order valence-electron chi connectivity index (χ1n) is 7.49. The standard InChI is InChI=1S/C17H15N3O3S/c1-20-13(16-3-2-8-24-16)10-12(19-20)17(21)18-11-4-5-14-15(9-11)23-7-6-22-14/h2-5,8-10H,6-7H2,1H3,(H,18,21). The molecule has 0 unspecified atom stereocenters. The molecular formula is C17H15N3O3S. The fourth-order valence-electron chi connectivity index (χ4n) is 2.55. The van der Waals surface area contributed by atoms with E-state index in [4.69, 9.17) is 9.47 Å². The highest BCUT2D eigenvalue weighted by Gasteiger charge is 2.17. The van der Waals surface area contributed by atoms with Gasteiger partial charge in [0, 0.05) is 18.8 Å². The van der Waals surface area contributed by atoms with Crippen molar-refractivity contribution in [3.05, 3.63) is 47.5 Å². The van der Waals surface area contributed by atoms with Crippen LogP contribution in [0.1, 0.15) is 10.5 Å². The summed E-state index contributed by atoms with van der Waals surface area (Å²) in [6.45, 7) is 1.05. The average molecular weight is 341 g/mol. The molecular weight excluding hydrogens is 326 g/mol. The van der Waals surface area contributed by atoms with Crippen LogP contribution in [0.2, 0.25) is 0 Å². The molecule has 3 heterocycles. The lowest BCUT2D eigenvalue weighted by molar-refractivity contribution is 0.102. The fourth-order valence-corrected chi connectivity index (χ4v) is 3.32. The smallest absolute Gasteiger partial charge is 0.276 e. The zero-order chi connectivity index (χ0) is 16.5. The summed E-state index contributed by atoms with van der Waals surface area (Å²) in [5.41, 5.74) is 1.93. The van der Waals surface area contributed by atoms with Crippen LogP contribution in [0.3, 0.4) is 0 Å². The van der Waals surface area contributed by atoms with Gasteiger partial charge in [0.15, 0.2) is 17.2 Å². The molecule has 1 amide bonds. The molecule has 1 N–H and O–H groups in total. The maximum Gasteiger partial charge on any atom is 0.276 e. The van der Waals surface area contributed by atoms with E-state index in [1.807, 2.05) is 24.6 Å². The van der Waals surface area contributed by atoms with Crippen molar-refractivity contribution in [2.45, 2.75) is 0 Å². The Kier molecular flexibility index (Phi) is 3.70. The quantitative estimate of drug-likeness (QED) is 0.795. The molecule has 0 fully saturated rings. The normalized spacial score (nSPS) is 12.9. The fraction of sp³-hybridized carbons (Fsp3) is 0.176. The van der Waals surface area contributed by atoms with Crippen molar-refractivity contribution in [2.24, 2.45) is 7.05 Å². The van der Waals surface area contributed by atoms with Gasteiger partial charge in [-0.25, -0.2) is 0 Å². The van der Waals surface area contributed by atoms with Gasteiger partial charge in [-0.2, -0.15) is 5.10 Å². The molecule has 1 aliphatic heterocycles. The maximum absolute atomic E-state index is 12.5. The van der Waals surface area contributed by atoms with Crippen molar-refractivity contribution in [2.75, 3.05) is 18.5 Å². The molecule has 1 aliphatic rings. The minimum Gasteiger partial charge on any atom is -0.486 e. The van der Waals surface area contributed by atoms with E-state index < -0.39 is 0 Å². The molecule has 0 saturated carbocycles. The number of fused-ring (bicyclic) bond motifs is 1. The first-order valence-corrected chi connectivity index (χ1v) is 8.37. The van der Waals surface area contributed by atoms with Gasteiger partial charge in [0.25, 0.3) is 5.91 Å². The van der Waals surface area contributed by atoms with Crippen molar-refractivity contribution in [1.29, 1.82) is 0 Å². The van der Waals surface area contributed by atoms with Gasteiger partial charge in [-0.15, -0.1) is 11.3 Å². The van der Waals surface area contributed by atoms with Crippen LogP contribution in [0, 0.1) is 0 Å². The van der Waals surface area contributed by atoms with E-state index in [0.717, 1.165) is 10.6 Å². The molecule has 24 heavy (non-hydrogen) atoms. The van der Waals surface area contributed by atoms with Gasteiger partial charge in [-0.3, -0.25) is 9.48 Å². The van der Waals surface area contributed by atoms with Crippen molar-refractivity contribution in [1.82, 2.24) is 9.78 Å². The zero-order valence-electron chi connectivity index (χ0n) is 13.0. The number of hydrogen-bond acceptors (Lipinski definition) is 5. The van der Waals surface area contributed by atoms with Crippen molar-refractivity contribution in [3.8, 4) is 22.1 Å². The molecule has 1 aromatic carbocycles. The van der Waals surface area contributed by atoms with Gasteiger partial charge >= 0.3 is 0 Å². The molecule has 0 spiro atoms. The number of anilines is 1. The predicted octanol–water partition coefficient (Wildman–Crippen LogP) is 3.17. The van der Waals surface area contributed by atoms with E-state index in [-0.39, 0.29) is 5.91 Å². The Bertz CT molecular complexity index is 887. The number of hydrogen-bond donors (Lipinski definition) is 1. The van der Waals surface area contributed by atoms with Gasteiger partial charge in [0.2, 0.25) is 0 Å². The summed E-state index contributed by atoms with van der Waals surface area (Å²) in [5.74, 6) is 1.07. The third kappa shape index (κ3) is 2.74. The Morgan fingerprint density at radius 3 is 2.83 bits per heavy atom. The minimum absolute atomic E-state index is 0.259. The molecule has 3 aromatic rings. The van der Waals surface area contributed by atoms with Gasteiger partial charge < -0.3 is 14.8 Å². The number of aromatic nitrogens is 2. The van der Waals surface area contributed by atoms with E-state index in [2.05, 4.69) is 10.4 Å². The number of carbonyl (C=O) groups excluding carboxylic acids is 1. The Morgan fingerprint density at radius 1 is 1.21 bits per heavy atom. The molecule has 4 rings (SSSR count). The van der Waals surface area contributed by atoms with Crippen LogP contribution in [0.5, 0.6) is 11.5 Å². The predicted molar refractivity (Wildman–Crippen MR) is 91.9 cm³/mol. The monoisotopic (exact) mass is 341 g/mol. The summed E-state index contributed by atoms with van der Waals surface area (Å²) < 4.78 is 12.7. The molecule has 7 heteroatoms. The molecule has 6 nitrogen and oxygen atoms in total. The van der Waals surface area contributed by atoms with Crippen LogP contribution in [0.15, 0.2) is 41.8 Å². The number of rotatable bonds is 3. The lowest BCUT2D eigenvalue weighted by atomic mass is 10.2. The SMILES string of the molecule is Cn1nc(C(=O)Nc2ccc3c(c2)OCCO3)cc1-c1cccs1. The average Bonchev–Trinajstić information content (AvgIpc) is 3.24. The summed E-state index contributed by atoms with van der Waals surface area (Å²) in [7, 11) is 1.83. The lowest BCUT2D eigenvalue weighted by Gasteiger charge is -2.18. The Balaban J connectivity index is 1.55. The molecule has 0 atom stereocenters. The third-order valence-corrected chi connectivity index (χ3v) is 4.58. The van der Waals surface area contributed by atoms with E-state index in [9.17, 15) is 4.79 Å². The van der Waals surface area contributed by atoms with Crippen LogP contribution < -0.4 is 14.8 Å². The second-order valence-corrected chi connectivity index (χ2v) is 6.28. The van der Waals surface area contributed by atoms with Crippen molar-refractivity contribution < 1.29 is 14.3 Å². The summed E-state index contributed by atoms with van der Waals surface area (Å²) >= 11 is 1.61. The minimum atomic E-state index is -0.259. The second kappa shape index (κ2) is 6.01. The van der Waals surface area contributed by atoms with Gasteiger partial charge in [0.1, 0.15) is 13.2 Å². The van der Waals surface area contributed by atoms with E-state index in [1.165, 1.54) is 0 Å². The van der Waals surface area contributed by atoms with Crippen LogP contribution in [-0.4, -0.2) is 28.9 Å². The number of nitrogens with zero attached hydrogens (tertiary/aromatic N) is 2. The largest absolute Gasteiger partial charge is 0.486 e. The summed E-state index contributed by atoms with van der Waals surface area (Å²) in [6.07, 6.45) is 0. The molecule has 122 valence electrons. The van der Waals surface area contributed by atoms with E-state index >= 15 is 0 Å². The third-order valence-electron chi connectivity index (χ3n) is 3.69. The number of amides is 1. The number of ether oxygens (including phenoxy) is 2. The van der Waals surface area contributed by atoms with Gasteiger partial charge in [-0.1, -0.05) is 6.07 Å². The highest BCUT2D eigenvalue weighted by molar-refractivity contribution is 7.13. The molecule has 0 aliphatic carbocycles. The van der Waals surface area contributed by atoms with Crippen LogP contribution in [0.4, 0.5) is 5.69 Å². The zero-order valence-corrected chi connectivity index (χ0v) is 13.8. The highest BCUT2D eigenvalue weighted by atomic mass is 32.1. The number of benzene rings is 1. The Labute approximate surface area is 142 Å². The molecule has 0 saturated heterocycles. The van der Waals surface area contributed by atoms with Crippen molar-refractivity contribution in [3.63, 3.8) is 0 Å². The highest BCUT2D eigenvalue weighted by Crippen LogP contribution is 2.32. The summed E-state index contributed by atoms with van der Waals surface area (Å²) in [5, 5.41) is 9.15. The first-order chi connectivity index (χ1) is 11.7. The Hall–Kier alpha value is -2.80. The summed E-state index contributed by atoms with van der Waals surface area (Å²) in [4.78, 5) is 13.5. The first kappa shape index (κ1) is 14.8. The number of carbonyl (C=O) groups is 1. The van der Waals surface area contributed by atoms with Gasteiger partial charge in [0.05, 0.1) is 10.6 Å². The maximum atomic E-state index is 12.5. The van der Waals surface area contributed by atoms with Crippen molar-refractivity contribution >= 4 is 22.9 Å². The second-order valence-electron chi connectivity index (χ2n) is 5.33. The Morgan fingerprint density at radius 2 is 2.04 bits per heavy atom. The molecule has 0 radical (unpaired) electrons. The van der Waals surface area contributed by atoms with E-state index in [0.29, 0.717) is 36.1 Å².